The number of benzene rings is 1. The number of halogens is 3. The van der Waals surface area contributed by atoms with Crippen LogP contribution in [0.15, 0.2) is 36.5 Å². The lowest BCUT2D eigenvalue weighted by molar-refractivity contribution is -0.192. The molecule has 4 rings (SSSR count). The van der Waals surface area contributed by atoms with Gasteiger partial charge in [0.1, 0.15) is 0 Å². The molecule has 1 atom stereocenters. The van der Waals surface area contributed by atoms with Crippen molar-refractivity contribution in [2.45, 2.75) is 38.0 Å². The fraction of sp³-hybridized carbons (Fsp3) is 0.476. The van der Waals surface area contributed by atoms with Crippen LogP contribution in [0.25, 0.3) is 0 Å². The summed E-state index contributed by atoms with van der Waals surface area (Å²) in [5, 5.41) is 11.9. The second-order valence-corrected chi connectivity index (χ2v) is 8.08. The van der Waals surface area contributed by atoms with E-state index in [1.165, 1.54) is 16.8 Å². The molecule has 2 aliphatic heterocycles. The number of hydrogen-bond donors (Lipinski definition) is 1. The number of carboxylic acid groups (broad SMARTS) is 1. The third kappa shape index (κ3) is 5.25. The number of carbonyl (C=O) groups excluding carboxylic acids is 1. The van der Waals surface area contributed by atoms with Gasteiger partial charge in [0.05, 0.1) is 5.69 Å². The highest BCUT2D eigenvalue weighted by Gasteiger charge is 2.47. The van der Waals surface area contributed by atoms with Gasteiger partial charge in [-0.05, 0) is 12.0 Å². The van der Waals surface area contributed by atoms with Crippen LogP contribution in [-0.2, 0) is 35.1 Å². The van der Waals surface area contributed by atoms with Gasteiger partial charge in [0.15, 0.2) is 0 Å². The molecule has 1 spiro atoms. The largest absolute Gasteiger partial charge is 0.490 e. The number of carbonyl (C=O) groups is 2. The van der Waals surface area contributed by atoms with Crippen LogP contribution in [0, 0.1) is 0 Å². The van der Waals surface area contributed by atoms with Crippen molar-refractivity contribution >= 4 is 11.9 Å². The van der Waals surface area contributed by atoms with E-state index in [4.69, 9.17) is 15.0 Å². The van der Waals surface area contributed by atoms with Crippen LogP contribution in [0.1, 0.15) is 30.2 Å². The van der Waals surface area contributed by atoms with Gasteiger partial charge in [0.2, 0.25) is 5.91 Å². The van der Waals surface area contributed by atoms with E-state index in [0.717, 1.165) is 39.1 Å². The predicted octanol–water partition coefficient (Wildman–Crippen LogP) is 2.56. The molecule has 1 saturated heterocycles. The summed E-state index contributed by atoms with van der Waals surface area (Å²) in [6.45, 7) is 6.14. The summed E-state index contributed by atoms with van der Waals surface area (Å²) in [5.74, 6) is -2.59. The van der Waals surface area contributed by atoms with E-state index in [2.05, 4.69) is 41.4 Å². The summed E-state index contributed by atoms with van der Waals surface area (Å²) in [5.41, 5.74) is 3.83. The summed E-state index contributed by atoms with van der Waals surface area (Å²) in [4.78, 5) is 25.2. The zero-order valence-corrected chi connectivity index (χ0v) is 17.4. The van der Waals surface area contributed by atoms with Gasteiger partial charge in [-0.15, -0.1) is 0 Å². The van der Waals surface area contributed by atoms with Gasteiger partial charge in [0.25, 0.3) is 0 Å². The van der Waals surface area contributed by atoms with Crippen molar-refractivity contribution in [3.8, 4) is 0 Å². The van der Waals surface area contributed by atoms with Crippen molar-refractivity contribution in [1.29, 1.82) is 0 Å². The summed E-state index contributed by atoms with van der Waals surface area (Å²) < 4.78 is 33.7. The molecule has 31 heavy (non-hydrogen) atoms. The molecule has 1 aromatic heterocycles. The van der Waals surface area contributed by atoms with Crippen LogP contribution in [0.2, 0.25) is 0 Å². The normalized spacial score (nSPS) is 20.9. The summed E-state index contributed by atoms with van der Waals surface area (Å²) in [7, 11) is 1.99. The summed E-state index contributed by atoms with van der Waals surface area (Å²) >= 11 is 0. The van der Waals surface area contributed by atoms with Crippen molar-refractivity contribution in [3.05, 3.63) is 53.3 Å². The molecule has 2 aliphatic rings. The number of aromatic nitrogens is 2. The smallest absolute Gasteiger partial charge is 0.475 e. The van der Waals surface area contributed by atoms with Crippen LogP contribution < -0.4 is 0 Å². The van der Waals surface area contributed by atoms with E-state index in [1.54, 1.807) is 6.92 Å². The number of aliphatic carboxylic acids is 1. The molecule has 1 unspecified atom stereocenters. The average molecular weight is 438 g/mol. The average Bonchev–Trinajstić information content (AvgIpc) is 3.27. The van der Waals surface area contributed by atoms with Gasteiger partial charge in [-0.2, -0.15) is 18.3 Å². The Morgan fingerprint density at radius 1 is 1.19 bits per heavy atom. The summed E-state index contributed by atoms with van der Waals surface area (Å²) in [6.07, 6.45) is -1.94. The Morgan fingerprint density at radius 3 is 2.39 bits per heavy atom. The van der Waals surface area contributed by atoms with E-state index in [0.29, 0.717) is 0 Å². The molecule has 2 aromatic rings. The number of likely N-dealkylation sites (tertiary alicyclic amines) is 1. The van der Waals surface area contributed by atoms with E-state index < -0.39 is 12.1 Å². The molecule has 1 amide bonds. The first-order valence-corrected chi connectivity index (χ1v) is 9.85. The maximum Gasteiger partial charge on any atom is 0.490 e. The quantitative estimate of drug-likeness (QED) is 0.780. The van der Waals surface area contributed by atoms with Crippen molar-refractivity contribution in [2.75, 3.05) is 19.6 Å². The van der Waals surface area contributed by atoms with Gasteiger partial charge < -0.3 is 10.0 Å². The highest BCUT2D eigenvalue weighted by molar-refractivity contribution is 5.74. The van der Waals surface area contributed by atoms with Gasteiger partial charge in [-0.3, -0.25) is 14.4 Å². The second-order valence-electron chi connectivity index (χ2n) is 8.08. The first-order valence-electron chi connectivity index (χ1n) is 9.85. The second kappa shape index (κ2) is 8.70. The van der Waals surface area contributed by atoms with Crippen LogP contribution in [-0.4, -0.2) is 62.4 Å². The Bertz CT molecular complexity index is 945. The number of amides is 1. The lowest BCUT2D eigenvalue weighted by Crippen LogP contribution is -2.47. The Balaban J connectivity index is 0.000000339. The topological polar surface area (TPSA) is 78.7 Å². The molecule has 3 heterocycles. The van der Waals surface area contributed by atoms with E-state index in [1.807, 2.05) is 16.6 Å². The summed E-state index contributed by atoms with van der Waals surface area (Å²) in [6, 6.07) is 10.6. The van der Waals surface area contributed by atoms with E-state index in [9.17, 15) is 18.0 Å². The molecule has 1 N–H and O–H groups in total. The lowest BCUT2D eigenvalue weighted by Gasteiger charge is -2.39. The minimum absolute atomic E-state index is 0.0186. The number of hydrogen-bond acceptors (Lipinski definition) is 4. The van der Waals surface area contributed by atoms with Crippen LogP contribution in [0.3, 0.4) is 0 Å². The zero-order chi connectivity index (χ0) is 22.8. The molecule has 10 heteroatoms. The SMILES string of the molecule is CC(=O)N1CCC2(CN(Cc3ccccc3)Cc3cn(C)nc32)C1.O=C(O)C(F)(F)F. The minimum atomic E-state index is -5.08. The fourth-order valence-electron chi connectivity index (χ4n) is 4.32. The van der Waals surface area contributed by atoms with Crippen molar-refractivity contribution in [2.24, 2.45) is 7.05 Å². The zero-order valence-electron chi connectivity index (χ0n) is 17.4. The highest BCUT2D eigenvalue weighted by atomic mass is 19.4. The van der Waals surface area contributed by atoms with Crippen molar-refractivity contribution < 1.29 is 27.9 Å². The first-order chi connectivity index (χ1) is 14.5. The number of aryl methyl sites for hydroxylation is 1. The highest BCUT2D eigenvalue weighted by Crippen LogP contribution is 2.40. The number of fused-ring (bicyclic) bond motifs is 2. The number of carboxylic acids is 1. The molecule has 0 saturated carbocycles. The van der Waals surface area contributed by atoms with Crippen molar-refractivity contribution in [3.63, 3.8) is 0 Å². The van der Waals surface area contributed by atoms with Crippen molar-refractivity contribution in [1.82, 2.24) is 19.6 Å². The molecular weight excluding hydrogens is 413 g/mol. The molecule has 1 aromatic carbocycles. The van der Waals surface area contributed by atoms with Gasteiger partial charge in [0, 0.05) is 63.9 Å². The predicted molar refractivity (Wildman–Crippen MR) is 106 cm³/mol. The first kappa shape index (κ1) is 22.8. The van der Waals surface area contributed by atoms with E-state index in [-0.39, 0.29) is 11.3 Å². The Hall–Kier alpha value is -2.88. The Morgan fingerprint density at radius 2 is 1.84 bits per heavy atom. The van der Waals surface area contributed by atoms with Gasteiger partial charge >= 0.3 is 12.1 Å². The molecule has 0 bridgehead atoms. The van der Waals surface area contributed by atoms with Gasteiger partial charge in [-0.1, -0.05) is 30.3 Å². The van der Waals surface area contributed by atoms with Crippen LogP contribution in [0.5, 0.6) is 0 Å². The minimum Gasteiger partial charge on any atom is -0.475 e. The third-order valence-electron chi connectivity index (χ3n) is 5.62. The Kier molecular flexibility index (Phi) is 6.40. The maximum absolute atomic E-state index is 11.8. The lowest BCUT2D eigenvalue weighted by atomic mass is 9.78. The number of alkyl halides is 3. The standard InChI is InChI=1S/C19H24N4O.C2HF3O2/c1-15(24)23-9-8-19(14-23)13-22(10-16-6-4-3-5-7-16)12-17-11-21(2)20-18(17)19;3-2(4,5)1(6)7/h3-7,11H,8-10,12-14H2,1-2H3;(H,6,7). The molecular formula is C21H25F3N4O3. The molecule has 168 valence electrons. The van der Waals surface area contributed by atoms with Gasteiger partial charge in [-0.25, -0.2) is 4.79 Å². The van der Waals surface area contributed by atoms with Crippen LogP contribution in [0.4, 0.5) is 13.2 Å². The van der Waals surface area contributed by atoms with E-state index >= 15 is 0 Å². The molecule has 1 fully saturated rings. The number of nitrogens with zero attached hydrogens (tertiary/aromatic N) is 4. The maximum atomic E-state index is 11.8. The fourth-order valence-corrected chi connectivity index (χ4v) is 4.32. The van der Waals surface area contributed by atoms with Crippen LogP contribution >= 0.6 is 0 Å². The molecule has 0 radical (unpaired) electrons. The molecule has 7 nitrogen and oxygen atoms in total. The number of rotatable bonds is 2. The third-order valence-corrected chi connectivity index (χ3v) is 5.62. The monoisotopic (exact) mass is 438 g/mol. The molecule has 0 aliphatic carbocycles. The Labute approximate surface area is 178 Å².